The minimum Gasteiger partial charge on any atom is -0.497 e. The van der Waals surface area contributed by atoms with Crippen molar-refractivity contribution in [1.82, 2.24) is 19.6 Å². The van der Waals surface area contributed by atoms with Gasteiger partial charge in [0, 0.05) is 35.6 Å². The normalized spacial score (nSPS) is 13.9. The summed E-state index contributed by atoms with van der Waals surface area (Å²) in [7, 11) is 1.62. The van der Waals surface area contributed by atoms with Crippen molar-refractivity contribution >= 4 is 40.5 Å². The molecule has 0 bridgehead atoms. The molecule has 2 aliphatic heterocycles. The van der Waals surface area contributed by atoms with E-state index in [0.717, 1.165) is 40.4 Å². The highest BCUT2D eigenvalue weighted by Gasteiger charge is 2.36. The second-order valence-electron chi connectivity index (χ2n) is 13.5. The lowest BCUT2D eigenvalue weighted by Crippen LogP contribution is -2.39. The van der Waals surface area contributed by atoms with Crippen LogP contribution < -0.4 is 14.5 Å². The highest BCUT2D eigenvalue weighted by atomic mass is 16.5. The minimum absolute atomic E-state index is 0.105. The number of carbonyl (C=O) groups excluding carboxylic acids is 3. The number of azo groups is 1. The van der Waals surface area contributed by atoms with Crippen molar-refractivity contribution in [3.63, 3.8) is 0 Å². The van der Waals surface area contributed by atoms with E-state index in [1.165, 1.54) is 0 Å². The molecular formula is C43H40N8O5. The lowest BCUT2D eigenvalue weighted by molar-refractivity contribution is 0.0517. The summed E-state index contributed by atoms with van der Waals surface area (Å²) in [5.41, 5.74) is 8.82. The van der Waals surface area contributed by atoms with E-state index >= 15 is 0 Å². The fourth-order valence-electron chi connectivity index (χ4n) is 7.23. The number of hydrogen-bond donors (Lipinski definition) is 0. The molecule has 4 heterocycles. The summed E-state index contributed by atoms with van der Waals surface area (Å²) in [6, 6.07) is 29.8. The van der Waals surface area contributed by atoms with E-state index in [1.807, 2.05) is 91.9 Å². The lowest BCUT2D eigenvalue weighted by atomic mass is 10.0. The highest BCUT2D eigenvalue weighted by molar-refractivity contribution is 6.09. The first-order valence-electron chi connectivity index (χ1n) is 18.6. The minimum atomic E-state index is -0.543. The number of fused-ring (bicyclic) bond motifs is 2. The summed E-state index contributed by atoms with van der Waals surface area (Å²) in [4.78, 5) is 44.3. The van der Waals surface area contributed by atoms with Gasteiger partial charge in [-0.05, 0) is 118 Å². The Balaban J connectivity index is 0.978. The van der Waals surface area contributed by atoms with Crippen LogP contribution in [0.2, 0.25) is 0 Å². The number of rotatable bonds is 10. The number of benzene rings is 4. The summed E-state index contributed by atoms with van der Waals surface area (Å²) in [6.07, 6.45) is 1.88. The molecule has 4 aromatic carbocycles. The summed E-state index contributed by atoms with van der Waals surface area (Å²) in [6.45, 7) is 6.90. The summed E-state index contributed by atoms with van der Waals surface area (Å²) in [5.74, 6) is -0.176. The van der Waals surface area contributed by atoms with Gasteiger partial charge < -0.3 is 19.3 Å². The molecule has 0 atom stereocenters. The van der Waals surface area contributed by atoms with Crippen molar-refractivity contribution in [1.29, 1.82) is 0 Å². The Hall–Kier alpha value is -6.89. The summed E-state index contributed by atoms with van der Waals surface area (Å²) in [5, 5.41) is 18.2. The third-order valence-corrected chi connectivity index (χ3v) is 10.1. The Kier molecular flexibility index (Phi) is 9.73. The van der Waals surface area contributed by atoms with E-state index in [9.17, 15) is 14.4 Å². The van der Waals surface area contributed by atoms with Crippen LogP contribution in [-0.4, -0.2) is 64.2 Å². The Morgan fingerprint density at radius 1 is 0.661 bits per heavy atom. The Bertz CT molecular complexity index is 2470. The van der Waals surface area contributed by atoms with Gasteiger partial charge in [-0.25, -0.2) is 14.2 Å². The largest absolute Gasteiger partial charge is 0.497 e. The molecule has 2 amide bonds. The third kappa shape index (κ3) is 6.61. The molecule has 0 saturated heterocycles. The van der Waals surface area contributed by atoms with Gasteiger partial charge in [0.1, 0.15) is 17.1 Å². The van der Waals surface area contributed by atoms with Crippen LogP contribution in [0.5, 0.6) is 5.75 Å². The number of nitrogens with zero attached hydrogens (tertiary/aromatic N) is 8. The smallest absolute Gasteiger partial charge is 0.359 e. The van der Waals surface area contributed by atoms with Gasteiger partial charge in [0.25, 0.3) is 11.8 Å². The Morgan fingerprint density at radius 2 is 1.14 bits per heavy atom. The van der Waals surface area contributed by atoms with Crippen LogP contribution in [-0.2, 0) is 24.0 Å². The quantitative estimate of drug-likeness (QED) is 0.103. The molecule has 56 heavy (non-hydrogen) atoms. The molecule has 13 heteroatoms. The van der Waals surface area contributed by atoms with Gasteiger partial charge in [0.05, 0.1) is 42.2 Å². The molecule has 8 rings (SSSR count). The monoisotopic (exact) mass is 748 g/mol. The first-order valence-corrected chi connectivity index (χ1v) is 18.6. The van der Waals surface area contributed by atoms with Crippen molar-refractivity contribution in [3.05, 3.63) is 137 Å². The molecule has 6 aromatic rings. The molecule has 0 unspecified atom stereocenters. The molecule has 0 fully saturated rings. The predicted octanol–water partition coefficient (Wildman–Crippen LogP) is 7.94. The maximum atomic E-state index is 14.0. The zero-order valence-electron chi connectivity index (χ0n) is 31.6. The Labute approximate surface area is 323 Å². The van der Waals surface area contributed by atoms with E-state index in [1.54, 1.807) is 45.3 Å². The second kappa shape index (κ2) is 15.1. The number of esters is 1. The molecule has 2 aromatic heterocycles. The predicted molar refractivity (Wildman–Crippen MR) is 212 cm³/mol. The second-order valence-corrected chi connectivity index (χ2v) is 13.5. The first-order chi connectivity index (χ1) is 27.3. The fraction of sp³-hybridized carbons (Fsp3) is 0.233. The van der Waals surface area contributed by atoms with Crippen molar-refractivity contribution in [2.45, 2.75) is 40.0 Å². The molecular weight excluding hydrogens is 709 g/mol. The molecule has 0 aliphatic carbocycles. The van der Waals surface area contributed by atoms with Crippen molar-refractivity contribution < 1.29 is 23.9 Å². The number of hydrogen-bond acceptors (Lipinski definition) is 9. The number of ether oxygens (including phenoxy) is 2. The third-order valence-electron chi connectivity index (χ3n) is 10.1. The number of anilines is 2. The standard InChI is InChI=1S/C43H40N8O5/c1-5-37-35-23-25-48(41(52)39(35)50(46-37)33-19-21-34(55-4)22-20-33)30-15-9-28(10-16-30)44-45-29-11-17-31(18-12-29)49-26-24-36-38(43(54)56-6-2)47-51(40(36)42(49)53)32-13-7-27(3)8-14-32/h7-22H,5-6,23-26H2,1-4H3. The first kappa shape index (κ1) is 36.1. The van der Waals surface area contributed by atoms with Gasteiger partial charge >= 0.3 is 5.97 Å². The van der Waals surface area contributed by atoms with Gasteiger partial charge in [-0.3, -0.25) is 9.59 Å². The van der Waals surface area contributed by atoms with E-state index in [4.69, 9.17) is 14.6 Å². The molecule has 0 spiro atoms. The number of aryl methyl sites for hydroxylation is 2. The van der Waals surface area contributed by atoms with Gasteiger partial charge in [0.2, 0.25) is 0 Å². The van der Waals surface area contributed by atoms with Crippen LogP contribution >= 0.6 is 0 Å². The van der Waals surface area contributed by atoms with Gasteiger partial charge in [-0.2, -0.15) is 20.4 Å². The number of methoxy groups -OCH3 is 1. The van der Waals surface area contributed by atoms with Crippen LogP contribution in [0.4, 0.5) is 22.7 Å². The molecule has 0 radical (unpaired) electrons. The number of amides is 2. The van der Waals surface area contributed by atoms with Gasteiger partial charge in [-0.15, -0.1) is 0 Å². The molecule has 0 saturated carbocycles. The zero-order valence-corrected chi connectivity index (χ0v) is 31.6. The molecule has 0 N–H and O–H groups in total. The highest BCUT2D eigenvalue weighted by Crippen LogP contribution is 2.33. The van der Waals surface area contributed by atoms with E-state index < -0.39 is 5.97 Å². The number of carbonyl (C=O) groups is 3. The molecule has 282 valence electrons. The van der Waals surface area contributed by atoms with Crippen LogP contribution in [0.3, 0.4) is 0 Å². The fourth-order valence-corrected chi connectivity index (χ4v) is 7.23. The number of aromatic nitrogens is 4. The van der Waals surface area contributed by atoms with E-state index in [0.29, 0.717) is 65.6 Å². The zero-order chi connectivity index (χ0) is 38.9. The van der Waals surface area contributed by atoms with Crippen molar-refractivity contribution in [3.8, 4) is 17.1 Å². The van der Waals surface area contributed by atoms with Crippen LogP contribution in [0.25, 0.3) is 11.4 Å². The molecule has 2 aliphatic rings. The van der Waals surface area contributed by atoms with Crippen LogP contribution in [0.1, 0.15) is 67.7 Å². The van der Waals surface area contributed by atoms with Gasteiger partial charge in [-0.1, -0.05) is 24.6 Å². The lowest BCUT2D eigenvalue weighted by Gasteiger charge is -2.28. The summed E-state index contributed by atoms with van der Waals surface area (Å²) < 4.78 is 13.9. The van der Waals surface area contributed by atoms with Crippen LogP contribution in [0, 0.1) is 6.92 Å². The SMILES string of the molecule is CCOC(=O)c1nn(-c2ccc(C)cc2)c2c1CCN(c1ccc(N=Nc3ccc(N4CCc5c(CC)nn(-c6ccc(OC)cc6)c5C4=O)cc3)cc1)C2=O. The van der Waals surface area contributed by atoms with Gasteiger partial charge in [0.15, 0.2) is 5.69 Å². The van der Waals surface area contributed by atoms with E-state index in [2.05, 4.69) is 22.3 Å². The topological polar surface area (TPSA) is 137 Å². The van der Waals surface area contributed by atoms with Crippen molar-refractivity contribution in [2.24, 2.45) is 10.2 Å². The van der Waals surface area contributed by atoms with Crippen LogP contribution in [0.15, 0.2) is 107 Å². The molecule has 13 nitrogen and oxygen atoms in total. The van der Waals surface area contributed by atoms with E-state index in [-0.39, 0.29) is 24.1 Å². The maximum Gasteiger partial charge on any atom is 0.359 e. The average Bonchev–Trinajstić information content (AvgIpc) is 3.82. The summed E-state index contributed by atoms with van der Waals surface area (Å²) >= 11 is 0. The average molecular weight is 749 g/mol. The Morgan fingerprint density at radius 3 is 1.66 bits per heavy atom. The van der Waals surface area contributed by atoms with Crippen molar-refractivity contribution in [2.75, 3.05) is 36.6 Å². The maximum absolute atomic E-state index is 14.0.